The third-order valence-electron chi connectivity index (χ3n) is 2.50. The van der Waals surface area contributed by atoms with Gasteiger partial charge in [-0.15, -0.1) is 0 Å². The van der Waals surface area contributed by atoms with E-state index in [2.05, 4.69) is 4.98 Å². The second kappa shape index (κ2) is 3.88. The lowest BCUT2D eigenvalue weighted by atomic mass is 9.91. The molecule has 3 nitrogen and oxygen atoms in total. The van der Waals surface area contributed by atoms with Gasteiger partial charge in [0, 0.05) is 18.5 Å². The number of pyridine rings is 1. The zero-order valence-corrected chi connectivity index (χ0v) is 9.17. The van der Waals surface area contributed by atoms with E-state index in [0.29, 0.717) is 11.6 Å². The predicted octanol–water partition coefficient (Wildman–Crippen LogP) is 2.58. The molecular formula is C11H13F2NO2. The van der Waals surface area contributed by atoms with Crippen LogP contribution in [0.3, 0.4) is 0 Å². The van der Waals surface area contributed by atoms with Gasteiger partial charge < -0.3 is 9.47 Å². The molecule has 1 aromatic heterocycles. The molecule has 0 N–H and O–H groups in total. The van der Waals surface area contributed by atoms with Gasteiger partial charge in [0.15, 0.2) is 5.75 Å². The van der Waals surface area contributed by atoms with Crippen molar-refractivity contribution in [3.8, 4) is 11.6 Å². The van der Waals surface area contributed by atoms with E-state index >= 15 is 0 Å². The minimum Gasteiger partial charge on any atom is -0.484 e. The Balaban J connectivity index is 2.05. The molecule has 0 aromatic carbocycles. The van der Waals surface area contributed by atoms with Gasteiger partial charge in [-0.3, -0.25) is 0 Å². The van der Waals surface area contributed by atoms with Gasteiger partial charge in [0.25, 0.3) is 11.8 Å². The molecule has 0 spiro atoms. The average Bonchev–Trinajstić information content (AvgIpc) is 2.18. The Morgan fingerprint density at radius 2 is 2.06 bits per heavy atom. The van der Waals surface area contributed by atoms with E-state index in [1.54, 1.807) is 12.1 Å². The van der Waals surface area contributed by atoms with Gasteiger partial charge >= 0.3 is 0 Å². The van der Waals surface area contributed by atoms with Crippen LogP contribution in [-0.4, -0.2) is 24.1 Å². The molecule has 0 amide bonds. The fraction of sp³-hybridized carbons (Fsp3) is 0.545. The summed E-state index contributed by atoms with van der Waals surface area (Å²) in [6.45, 7) is 1.82. The van der Waals surface area contributed by atoms with Crippen molar-refractivity contribution >= 4 is 0 Å². The van der Waals surface area contributed by atoms with Crippen LogP contribution >= 0.6 is 0 Å². The largest absolute Gasteiger partial charge is 0.484 e. The molecule has 1 saturated carbocycles. The number of nitrogens with zero attached hydrogens (tertiary/aromatic N) is 1. The Morgan fingerprint density at radius 3 is 2.62 bits per heavy atom. The molecule has 1 aliphatic carbocycles. The van der Waals surface area contributed by atoms with E-state index in [0.717, 1.165) is 5.69 Å². The van der Waals surface area contributed by atoms with Gasteiger partial charge in [0.1, 0.15) is 6.10 Å². The predicted molar refractivity (Wildman–Crippen MR) is 54.1 cm³/mol. The quantitative estimate of drug-likeness (QED) is 0.798. The van der Waals surface area contributed by atoms with Crippen LogP contribution in [0, 0.1) is 6.92 Å². The Kier molecular flexibility index (Phi) is 2.69. The van der Waals surface area contributed by atoms with Crippen LogP contribution in [-0.2, 0) is 0 Å². The molecule has 1 heterocycles. The molecule has 1 aliphatic rings. The molecule has 1 fully saturated rings. The maximum absolute atomic E-state index is 12.6. The Labute approximate surface area is 92.4 Å². The standard InChI is InChI=1S/C11H13F2NO2/c1-7-3-4-9(10(14-7)15-2)16-8-5-11(12,13)6-8/h3-4,8H,5-6H2,1-2H3. The van der Waals surface area contributed by atoms with Crippen LogP contribution in [0.2, 0.25) is 0 Å². The van der Waals surface area contributed by atoms with Crippen molar-refractivity contribution in [1.29, 1.82) is 0 Å². The van der Waals surface area contributed by atoms with Crippen LogP contribution in [0.5, 0.6) is 11.6 Å². The summed E-state index contributed by atoms with van der Waals surface area (Å²) in [5.41, 5.74) is 0.795. The first-order valence-corrected chi connectivity index (χ1v) is 5.06. The normalized spacial score (nSPS) is 19.0. The molecule has 5 heteroatoms. The molecular weight excluding hydrogens is 216 g/mol. The Hall–Kier alpha value is -1.39. The summed E-state index contributed by atoms with van der Waals surface area (Å²) in [4.78, 5) is 4.10. The molecule has 0 atom stereocenters. The van der Waals surface area contributed by atoms with E-state index in [-0.39, 0.29) is 12.8 Å². The molecule has 88 valence electrons. The zero-order valence-electron chi connectivity index (χ0n) is 9.17. The minimum absolute atomic E-state index is 0.232. The minimum atomic E-state index is -2.57. The smallest absolute Gasteiger partial charge is 0.256 e. The number of rotatable bonds is 3. The van der Waals surface area contributed by atoms with Crippen LogP contribution in [0.1, 0.15) is 18.5 Å². The van der Waals surface area contributed by atoms with Gasteiger partial charge in [-0.25, -0.2) is 13.8 Å². The monoisotopic (exact) mass is 229 g/mol. The lowest BCUT2D eigenvalue weighted by Crippen LogP contribution is -2.43. The summed E-state index contributed by atoms with van der Waals surface area (Å²) >= 11 is 0. The number of aromatic nitrogens is 1. The van der Waals surface area contributed by atoms with Crippen molar-refractivity contribution in [2.75, 3.05) is 7.11 Å². The second-order valence-corrected chi connectivity index (χ2v) is 3.96. The lowest BCUT2D eigenvalue weighted by molar-refractivity contribution is -0.134. The molecule has 1 aromatic rings. The van der Waals surface area contributed by atoms with Gasteiger partial charge in [0.2, 0.25) is 0 Å². The molecule has 0 saturated heterocycles. The van der Waals surface area contributed by atoms with Crippen molar-refractivity contribution in [3.05, 3.63) is 17.8 Å². The number of methoxy groups -OCH3 is 1. The zero-order chi connectivity index (χ0) is 11.8. The molecule has 0 aliphatic heterocycles. The Bertz CT molecular complexity index is 388. The summed E-state index contributed by atoms with van der Waals surface area (Å²) in [6.07, 6.45) is -0.901. The molecule has 2 rings (SSSR count). The van der Waals surface area contributed by atoms with Crippen LogP contribution in [0.25, 0.3) is 0 Å². The van der Waals surface area contributed by atoms with Crippen molar-refractivity contribution < 1.29 is 18.3 Å². The lowest BCUT2D eigenvalue weighted by Gasteiger charge is -2.34. The Morgan fingerprint density at radius 1 is 1.38 bits per heavy atom. The van der Waals surface area contributed by atoms with Crippen molar-refractivity contribution in [2.24, 2.45) is 0 Å². The number of aryl methyl sites for hydroxylation is 1. The van der Waals surface area contributed by atoms with Crippen LogP contribution in [0.15, 0.2) is 12.1 Å². The van der Waals surface area contributed by atoms with Crippen LogP contribution < -0.4 is 9.47 Å². The second-order valence-electron chi connectivity index (χ2n) is 3.96. The molecule has 0 radical (unpaired) electrons. The summed E-state index contributed by atoms with van der Waals surface area (Å²) in [7, 11) is 1.48. The first kappa shape index (κ1) is 11.1. The first-order chi connectivity index (χ1) is 7.50. The highest BCUT2D eigenvalue weighted by Gasteiger charge is 2.47. The highest BCUT2D eigenvalue weighted by molar-refractivity contribution is 5.35. The van der Waals surface area contributed by atoms with Crippen molar-refractivity contribution in [1.82, 2.24) is 4.98 Å². The number of halogens is 2. The van der Waals surface area contributed by atoms with Gasteiger partial charge in [-0.1, -0.05) is 0 Å². The fourth-order valence-electron chi connectivity index (χ4n) is 1.63. The van der Waals surface area contributed by atoms with E-state index in [1.807, 2.05) is 6.92 Å². The number of ether oxygens (including phenoxy) is 2. The highest BCUT2D eigenvalue weighted by atomic mass is 19.3. The van der Waals surface area contributed by atoms with E-state index < -0.39 is 12.0 Å². The maximum atomic E-state index is 12.6. The first-order valence-electron chi connectivity index (χ1n) is 5.06. The molecule has 0 unspecified atom stereocenters. The fourth-order valence-corrected chi connectivity index (χ4v) is 1.63. The van der Waals surface area contributed by atoms with Crippen LogP contribution in [0.4, 0.5) is 8.78 Å². The third kappa shape index (κ3) is 2.23. The topological polar surface area (TPSA) is 31.4 Å². The van der Waals surface area contributed by atoms with Gasteiger partial charge in [0.05, 0.1) is 7.11 Å². The number of hydrogen-bond acceptors (Lipinski definition) is 3. The van der Waals surface area contributed by atoms with Gasteiger partial charge in [-0.05, 0) is 19.1 Å². The van der Waals surface area contributed by atoms with Gasteiger partial charge in [-0.2, -0.15) is 0 Å². The molecule has 0 bridgehead atoms. The highest BCUT2D eigenvalue weighted by Crippen LogP contribution is 2.40. The third-order valence-corrected chi connectivity index (χ3v) is 2.50. The van der Waals surface area contributed by atoms with E-state index in [4.69, 9.17) is 9.47 Å². The average molecular weight is 229 g/mol. The van der Waals surface area contributed by atoms with Crippen molar-refractivity contribution in [3.63, 3.8) is 0 Å². The SMILES string of the molecule is COc1nc(C)ccc1OC1CC(F)(F)C1. The summed E-state index contributed by atoms with van der Waals surface area (Å²) in [5, 5.41) is 0. The van der Waals surface area contributed by atoms with Crippen molar-refractivity contribution in [2.45, 2.75) is 31.8 Å². The maximum Gasteiger partial charge on any atom is 0.256 e. The number of alkyl halides is 2. The number of hydrogen-bond donors (Lipinski definition) is 0. The summed E-state index contributed by atoms with van der Waals surface area (Å²) in [5.74, 6) is -1.81. The van der Waals surface area contributed by atoms with E-state index in [9.17, 15) is 8.78 Å². The summed E-state index contributed by atoms with van der Waals surface area (Å²) in [6, 6.07) is 3.45. The van der Waals surface area contributed by atoms with E-state index in [1.165, 1.54) is 7.11 Å². The summed E-state index contributed by atoms with van der Waals surface area (Å²) < 4.78 is 35.6. The molecule has 16 heavy (non-hydrogen) atoms.